The highest BCUT2D eigenvalue weighted by molar-refractivity contribution is 7.92. The van der Waals surface area contributed by atoms with Crippen LogP contribution in [-0.4, -0.2) is 33.2 Å². The Bertz CT molecular complexity index is 605. The Morgan fingerprint density at radius 1 is 1.36 bits per heavy atom. The predicted molar refractivity (Wildman–Crippen MR) is 85.7 cm³/mol. The number of rotatable bonds is 8. The van der Waals surface area contributed by atoms with Crippen molar-refractivity contribution in [2.24, 2.45) is 0 Å². The van der Waals surface area contributed by atoms with Crippen LogP contribution in [0.25, 0.3) is 0 Å². The summed E-state index contributed by atoms with van der Waals surface area (Å²) in [7, 11) is -3.60. The first-order chi connectivity index (χ1) is 10.3. The number of hydrogen-bond acceptors (Lipinski definition) is 3. The fourth-order valence-corrected chi connectivity index (χ4v) is 2.92. The third-order valence-corrected chi connectivity index (χ3v) is 4.49. The average Bonchev–Trinajstić information content (AvgIpc) is 2.43. The molecule has 0 aliphatic rings. The molecule has 5 nitrogen and oxygen atoms in total. The molecule has 0 heterocycles. The van der Waals surface area contributed by atoms with Gasteiger partial charge in [0.2, 0.25) is 15.9 Å². The van der Waals surface area contributed by atoms with Crippen molar-refractivity contribution >= 4 is 21.6 Å². The minimum Gasteiger partial charge on any atom is -0.354 e. The molecule has 0 aromatic heterocycles. The topological polar surface area (TPSA) is 66.5 Å². The maximum atomic E-state index is 13.8. The summed E-state index contributed by atoms with van der Waals surface area (Å²) in [6.07, 6.45) is 2.38. The van der Waals surface area contributed by atoms with Gasteiger partial charge in [-0.15, -0.1) is 0 Å². The average molecular weight is 330 g/mol. The van der Waals surface area contributed by atoms with E-state index in [0.717, 1.165) is 17.0 Å². The molecule has 0 fully saturated rings. The van der Waals surface area contributed by atoms with Crippen molar-refractivity contribution in [3.8, 4) is 0 Å². The number of nitrogens with one attached hydrogen (secondary N) is 1. The molecule has 0 unspecified atom stereocenters. The van der Waals surface area contributed by atoms with Crippen LogP contribution < -0.4 is 9.62 Å². The molecule has 0 saturated carbocycles. The lowest BCUT2D eigenvalue weighted by atomic mass is 10.2. The minimum atomic E-state index is -3.60. The lowest BCUT2D eigenvalue weighted by Gasteiger charge is -2.22. The number of para-hydroxylation sites is 1. The van der Waals surface area contributed by atoms with Gasteiger partial charge in [0.25, 0.3) is 0 Å². The van der Waals surface area contributed by atoms with Gasteiger partial charge in [-0.05, 0) is 31.9 Å². The summed E-state index contributed by atoms with van der Waals surface area (Å²) in [4.78, 5) is 11.7. The summed E-state index contributed by atoms with van der Waals surface area (Å²) in [5, 5.41) is 2.81. The molecule has 1 aromatic rings. The second kappa shape index (κ2) is 8.12. The van der Waals surface area contributed by atoms with Crippen molar-refractivity contribution in [3.63, 3.8) is 0 Å². The number of anilines is 1. The van der Waals surface area contributed by atoms with Gasteiger partial charge < -0.3 is 5.32 Å². The summed E-state index contributed by atoms with van der Waals surface area (Å²) < 4.78 is 38.5. The van der Waals surface area contributed by atoms with E-state index in [0.29, 0.717) is 6.42 Å². The van der Waals surface area contributed by atoms with Gasteiger partial charge in [-0.3, -0.25) is 9.10 Å². The van der Waals surface area contributed by atoms with Gasteiger partial charge in [0.15, 0.2) is 0 Å². The number of benzene rings is 1. The molecular formula is C15H23FN2O3S. The van der Waals surface area contributed by atoms with Crippen LogP contribution in [0.3, 0.4) is 0 Å². The summed E-state index contributed by atoms with van der Waals surface area (Å²) >= 11 is 0. The fourth-order valence-electron chi connectivity index (χ4n) is 1.95. The molecule has 1 amide bonds. The van der Waals surface area contributed by atoms with E-state index in [9.17, 15) is 17.6 Å². The van der Waals surface area contributed by atoms with Crippen molar-refractivity contribution in [2.45, 2.75) is 39.2 Å². The number of halogens is 1. The Balaban J connectivity index is 2.70. The predicted octanol–water partition coefficient (Wildman–Crippen LogP) is 2.29. The van der Waals surface area contributed by atoms with Crippen LogP contribution in [0, 0.1) is 5.82 Å². The third-order valence-electron chi connectivity index (χ3n) is 3.31. The van der Waals surface area contributed by atoms with Gasteiger partial charge >= 0.3 is 0 Å². The Morgan fingerprint density at radius 3 is 2.55 bits per heavy atom. The van der Waals surface area contributed by atoms with Crippen LogP contribution in [0.5, 0.6) is 0 Å². The Morgan fingerprint density at radius 2 is 2.00 bits per heavy atom. The third kappa shape index (κ3) is 5.63. The molecular weight excluding hydrogens is 307 g/mol. The van der Waals surface area contributed by atoms with Crippen molar-refractivity contribution in [1.29, 1.82) is 0 Å². The summed E-state index contributed by atoms with van der Waals surface area (Å²) in [6.45, 7) is 3.93. The van der Waals surface area contributed by atoms with Gasteiger partial charge in [0, 0.05) is 19.0 Å². The Kier molecular flexibility index (Phi) is 6.80. The highest BCUT2D eigenvalue weighted by Gasteiger charge is 2.20. The number of hydrogen-bond donors (Lipinski definition) is 1. The molecule has 0 bridgehead atoms. The molecule has 1 aromatic carbocycles. The monoisotopic (exact) mass is 330 g/mol. The number of sulfonamides is 1. The molecule has 124 valence electrons. The molecule has 0 aliphatic heterocycles. The lowest BCUT2D eigenvalue weighted by Crippen LogP contribution is -2.34. The van der Waals surface area contributed by atoms with E-state index in [1.165, 1.54) is 18.2 Å². The zero-order valence-corrected chi connectivity index (χ0v) is 14.0. The molecule has 1 N–H and O–H groups in total. The lowest BCUT2D eigenvalue weighted by molar-refractivity contribution is -0.121. The Hall–Kier alpha value is -1.63. The van der Waals surface area contributed by atoms with E-state index >= 15 is 0 Å². The number of carbonyl (C=O) groups excluding carboxylic acids is 1. The highest BCUT2D eigenvalue weighted by atomic mass is 32.2. The zero-order valence-electron chi connectivity index (χ0n) is 13.2. The summed E-state index contributed by atoms with van der Waals surface area (Å²) in [5.74, 6) is -0.728. The number of carbonyl (C=O) groups is 1. The van der Waals surface area contributed by atoms with Crippen LogP contribution in [0.15, 0.2) is 24.3 Å². The van der Waals surface area contributed by atoms with E-state index in [4.69, 9.17) is 0 Å². The van der Waals surface area contributed by atoms with Crippen molar-refractivity contribution in [2.75, 3.05) is 17.1 Å². The molecule has 0 aliphatic carbocycles. The molecule has 7 heteroatoms. The second-order valence-electron chi connectivity index (χ2n) is 5.27. The van der Waals surface area contributed by atoms with Gasteiger partial charge in [-0.25, -0.2) is 12.8 Å². The van der Waals surface area contributed by atoms with E-state index in [2.05, 4.69) is 5.32 Å². The normalized spacial score (nSPS) is 12.7. The van der Waals surface area contributed by atoms with Crippen LogP contribution in [-0.2, 0) is 14.8 Å². The Labute approximate surface area is 131 Å². The van der Waals surface area contributed by atoms with Gasteiger partial charge in [-0.1, -0.05) is 19.1 Å². The second-order valence-corrected chi connectivity index (χ2v) is 7.17. The van der Waals surface area contributed by atoms with Gasteiger partial charge in [0.05, 0.1) is 11.9 Å². The van der Waals surface area contributed by atoms with Crippen LogP contribution >= 0.6 is 0 Å². The first-order valence-electron chi connectivity index (χ1n) is 7.27. The van der Waals surface area contributed by atoms with E-state index < -0.39 is 15.8 Å². The zero-order chi connectivity index (χ0) is 16.8. The molecule has 1 rings (SSSR count). The minimum absolute atomic E-state index is 0.00679. The highest BCUT2D eigenvalue weighted by Crippen LogP contribution is 2.21. The molecule has 0 radical (unpaired) electrons. The summed E-state index contributed by atoms with van der Waals surface area (Å²) in [5.41, 5.74) is 0.00679. The molecule has 0 spiro atoms. The van der Waals surface area contributed by atoms with Crippen molar-refractivity contribution < 1.29 is 17.6 Å². The number of amides is 1. The first kappa shape index (κ1) is 18.4. The molecule has 22 heavy (non-hydrogen) atoms. The molecule has 0 saturated heterocycles. The fraction of sp³-hybridized carbons (Fsp3) is 0.533. The largest absolute Gasteiger partial charge is 0.354 e. The van der Waals surface area contributed by atoms with Crippen molar-refractivity contribution in [1.82, 2.24) is 5.32 Å². The van der Waals surface area contributed by atoms with Gasteiger partial charge in [0.1, 0.15) is 5.82 Å². The standard InChI is InChI=1S/C15H23FN2O3S/c1-4-12(2)17-15(19)10-7-11-18(22(3,20)21)14-9-6-5-8-13(14)16/h5-6,8-9,12H,4,7,10-11H2,1-3H3,(H,17,19)/t12-/m0/s1. The van der Waals surface area contributed by atoms with Crippen LogP contribution in [0.2, 0.25) is 0 Å². The SMILES string of the molecule is CC[C@H](C)NC(=O)CCCN(c1ccccc1F)S(C)(=O)=O. The van der Waals surface area contributed by atoms with Crippen LogP contribution in [0.4, 0.5) is 10.1 Å². The van der Waals surface area contributed by atoms with Crippen molar-refractivity contribution in [3.05, 3.63) is 30.1 Å². The smallest absolute Gasteiger partial charge is 0.232 e. The van der Waals surface area contributed by atoms with E-state index in [1.54, 1.807) is 6.07 Å². The molecule has 1 atom stereocenters. The first-order valence-corrected chi connectivity index (χ1v) is 9.12. The van der Waals surface area contributed by atoms with Crippen LogP contribution in [0.1, 0.15) is 33.1 Å². The maximum Gasteiger partial charge on any atom is 0.232 e. The summed E-state index contributed by atoms with van der Waals surface area (Å²) in [6, 6.07) is 5.79. The number of nitrogens with zero attached hydrogens (tertiary/aromatic N) is 1. The van der Waals surface area contributed by atoms with Gasteiger partial charge in [-0.2, -0.15) is 0 Å². The van der Waals surface area contributed by atoms with E-state index in [-0.39, 0.29) is 30.6 Å². The maximum absolute atomic E-state index is 13.8. The van der Waals surface area contributed by atoms with E-state index in [1.807, 2.05) is 13.8 Å². The quantitative estimate of drug-likeness (QED) is 0.795.